The molecule has 1 aliphatic rings. The van der Waals surface area contributed by atoms with Crippen LogP contribution in [0.25, 0.3) is 0 Å². The summed E-state index contributed by atoms with van der Waals surface area (Å²) >= 11 is 12.1. The lowest BCUT2D eigenvalue weighted by atomic mass is 10.0. The predicted octanol–water partition coefficient (Wildman–Crippen LogP) is 3.84. The number of benzene rings is 2. The van der Waals surface area contributed by atoms with Gasteiger partial charge in [0.1, 0.15) is 0 Å². The number of sulfone groups is 1. The molecule has 10 heteroatoms. The van der Waals surface area contributed by atoms with Crippen molar-refractivity contribution < 1.29 is 13.2 Å². The van der Waals surface area contributed by atoms with Gasteiger partial charge >= 0.3 is 0 Å². The van der Waals surface area contributed by atoms with Crippen molar-refractivity contribution in [3.05, 3.63) is 69.8 Å². The van der Waals surface area contributed by atoms with E-state index in [1.807, 2.05) is 0 Å². The zero-order valence-corrected chi connectivity index (χ0v) is 18.2. The first-order chi connectivity index (χ1) is 14.3. The summed E-state index contributed by atoms with van der Waals surface area (Å²) in [5.41, 5.74) is 1.17. The molecule has 156 valence electrons. The summed E-state index contributed by atoms with van der Waals surface area (Å²) in [5, 5.41) is 11.0. The highest BCUT2D eigenvalue weighted by atomic mass is 35.5. The van der Waals surface area contributed by atoms with Gasteiger partial charge in [0.15, 0.2) is 0 Å². The maximum atomic E-state index is 12.8. The summed E-state index contributed by atoms with van der Waals surface area (Å²) in [7, 11) is -2.15. The zero-order chi connectivity index (χ0) is 21.5. The zero-order valence-electron chi connectivity index (χ0n) is 15.9. The minimum absolute atomic E-state index is 0.109. The van der Waals surface area contributed by atoms with Crippen molar-refractivity contribution in [3.63, 3.8) is 0 Å². The van der Waals surface area contributed by atoms with Crippen molar-refractivity contribution in [2.45, 2.75) is 28.8 Å². The van der Waals surface area contributed by atoms with Crippen LogP contribution in [-0.2, 0) is 16.9 Å². The van der Waals surface area contributed by atoms with Gasteiger partial charge < -0.3 is 5.32 Å². The molecule has 0 saturated heterocycles. The van der Waals surface area contributed by atoms with Gasteiger partial charge in [0, 0.05) is 12.1 Å². The van der Waals surface area contributed by atoms with Gasteiger partial charge in [-0.2, -0.15) is 0 Å². The van der Waals surface area contributed by atoms with E-state index in [2.05, 4.69) is 15.6 Å². The molecule has 1 amide bonds. The Morgan fingerprint density at radius 3 is 2.43 bits per heavy atom. The van der Waals surface area contributed by atoms with E-state index < -0.39 is 9.84 Å². The van der Waals surface area contributed by atoms with Crippen molar-refractivity contribution in [2.75, 3.05) is 0 Å². The molecule has 0 aliphatic heterocycles. The highest BCUT2D eigenvalue weighted by Crippen LogP contribution is 2.41. The number of amides is 1. The van der Waals surface area contributed by atoms with Gasteiger partial charge in [0.25, 0.3) is 5.91 Å². The second-order valence-electron chi connectivity index (χ2n) is 7.22. The molecule has 4 rings (SSSR count). The fourth-order valence-corrected chi connectivity index (χ4v) is 4.89. The number of carbonyl (C=O) groups is 1. The van der Waals surface area contributed by atoms with Crippen molar-refractivity contribution in [2.24, 2.45) is 13.0 Å². The van der Waals surface area contributed by atoms with Gasteiger partial charge in [0.05, 0.1) is 27.7 Å². The summed E-state index contributed by atoms with van der Waals surface area (Å²) in [6, 6.07) is 11.0. The summed E-state index contributed by atoms with van der Waals surface area (Å²) in [5.74, 6) is -0.00713. The van der Waals surface area contributed by atoms with Crippen LogP contribution in [0.5, 0.6) is 0 Å². The van der Waals surface area contributed by atoms with Crippen LogP contribution in [0.2, 0.25) is 10.0 Å². The smallest absolute Gasteiger partial charge is 0.253 e. The molecule has 1 aliphatic carbocycles. The minimum atomic E-state index is -3.75. The van der Waals surface area contributed by atoms with E-state index in [4.69, 9.17) is 23.2 Å². The number of aryl methyl sites for hydroxylation is 1. The molecule has 1 unspecified atom stereocenters. The number of halogens is 2. The molecular formula is C20H18Cl2N4O3S. The average molecular weight is 465 g/mol. The second-order valence-corrected chi connectivity index (χ2v) is 9.96. The normalized spacial score (nSPS) is 15.0. The highest BCUT2D eigenvalue weighted by Gasteiger charge is 2.34. The van der Waals surface area contributed by atoms with Crippen LogP contribution in [0.15, 0.2) is 58.6 Å². The number of aromatic nitrogens is 3. The van der Waals surface area contributed by atoms with E-state index in [-0.39, 0.29) is 26.9 Å². The third kappa shape index (κ3) is 4.21. The number of rotatable bonds is 6. The van der Waals surface area contributed by atoms with E-state index in [1.54, 1.807) is 31.3 Å². The van der Waals surface area contributed by atoms with Gasteiger partial charge in [-0.1, -0.05) is 40.5 Å². The van der Waals surface area contributed by atoms with Gasteiger partial charge in [-0.15, -0.1) is 5.10 Å². The Labute approximate surface area is 183 Å². The molecule has 1 aromatic heterocycles. The van der Waals surface area contributed by atoms with Gasteiger partial charge in [-0.05, 0) is 54.7 Å². The van der Waals surface area contributed by atoms with E-state index in [0.717, 1.165) is 18.4 Å². The van der Waals surface area contributed by atoms with Crippen LogP contribution in [0.1, 0.15) is 34.8 Å². The van der Waals surface area contributed by atoms with Crippen LogP contribution >= 0.6 is 23.2 Å². The largest absolute Gasteiger partial charge is 0.345 e. The fourth-order valence-electron chi connectivity index (χ4n) is 3.22. The van der Waals surface area contributed by atoms with Crippen molar-refractivity contribution >= 4 is 38.9 Å². The molecule has 1 saturated carbocycles. The molecule has 1 fully saturated rings. The number of nitrogens with one attached hydrogen (secondary N) is 1. The molecule has 2 aromatic carbocycles. The summed E-state index contributed by atoms with van der Waals surface area (Å²) in [4.78, 5) is 12.9. The lowest BCUT2D eigenvalue weighted by Gasteiger charge is -2.19. The summed E-state index contributed by atoms with van der Waals surface area (Å²) in [6.07, 6.45) is 3.32. The minimum Gasteiger partial charge on any atom is -0.345 e. The van der Waals surface area contributed by atoms with Crippen LogP contribution < -0.4 is 5.32 Å². The molecule has 3 aromatic rings. The van der Waals surface area contributed by atoms with Crippen molar-refractivity contribution in [3.8, 4) is 0 Å². The van der Waals surface area contributed by atoms with Crippen LogP contribution in [0.4, 0.5) is 0 Å². The van der Waals surface area contributed by atoms with E-state index >= 15 is 0 Å². The Morgan fingerprint density at radius 2 is 1.87 bits per heavy atom. The second kappa shape index (κ2) is 8.02. The van der Waals surface area contributed by atoms with Crippen LogP contribution in [0.3, 0.4) is 0 Å². The van der Waals surface area contributed by atoms with E-state index in [1.165, 1.54) is 29.1 Å². The molecule has 0 radical (unpaired) electrons. The van der Waals surface area contributed by atoms with E-state index in [0.29, 0.717) is 16.5 Å². The average Bonchev–Trinajstić information content (AvgIpc) is 3.45. The Bertz CT molecular complexity index is 1210. The first-order valence-electron chi connectivity index (χ1n) is 9.23. The number of hydrogen-bond acceptors (Lipinski definition) is 5. The summed E-state index contributed by atoms with van der Waals surface area (Å²) < 4.78 is 26.7. The van der Waals surface area contributed by atoms with Gasteiger partial charge in [-0.25, -0.2) is 8.42 Å². The third-order valence-corrected chi connectivity index (χ3v) is 7.14. The van der Waals surface area contributed by atoms with Gasteiger partial charge in [0.2, 0.25) is 14.9 Å². The standard InChI is InChI=1S/C20H18Cl2N4O3S/c1-26-11-18(24-25-26)30(28,29)15-7-4-13(5-8-15)19(12-2-3-12)23-20(27)16-9-6-14(21)10-17(16)22/h4-12,19H,2-3H2,1H3,(H,23,27). The maximum Gasteiger partial charge on any atom is 0.253 e. The molecule has 1 N–H and O–H groups in total. The molecule has 0 bridgehead atoms. The Hall–Kier alpha value is -2.42. The van der Waals surface area contributed by atoms with Crippen LogP contribution in [-0.4, -0.2) is 29.3 Å². The Kier molecular flexibility index (Phi) is 5.57. The lowest BCUT2D eigenvalue weighted by molar-refractivity contribution is 0.0932. The summed E-state index contributed by atoms with van der Waals surface area (Å²) in [6.45, 7) is 0. The first-order valence-corrected chi connectivity index (χ1v) is 11.5. The maximum absolute atomic E-state index is 12.8. The van der Waals surface area contributed by atoms with Crippen molar-refractivity contribution in [1.82, 2.24) is 20.3 Å². The Morgan fingerprint density at radius 1 is 1.17 bits per heavy atom. The van der Waals surface area contributed by atoms with Crippen molar-refractivity contribution in [1.29, 1.82) is 0 Å². The monoisotopic (exact) mass is 464 g/mol. The quantitative estimate of drug-likeness (QED) is 0.597. The SMILES string of the molecule is Cn1cc(S(=O)(=O)c2ccc(C(NC(=O)c3ccc(Cl)cc3Cl)C3CC3)cc2)nn1. The predicted molar refractivity (Wildman–Crippen MR) is 112 cm³/mol. The molecule has 1 heterocycles. The molecule has 7 nitrogen and oxygen atoms in total. The molecule has 1 atom stereocenters. The molecule has 30 heavy (non-hydrogen) atoms. The first kappa shape index (κ1) is 20.8. The highest BCUT2D eigenvalue weighted by molar-refractivity contribution is 7.91. The number of carbonyl (C=O) groups excluding carboxylic acids is 1. The van der Waals surface area contributed by atoms with E-state index in [9.17, 15) is 13.2 Å². The topological polar surface area (TPSA) is 94.0 Å². The molecule has 0 spiro atoms. The third-order valence-electron chi connectivity index (χ3n) is 4.96. The van der Waals surface area contributed by atoms with Gasteiger partial charge in [-0.3, -0.25) is 9.48 Å². The lowest BCUT2D eigenvalue weighted by Crippen LogP contribution is -2.30. The Balaban J connectivity index is 1.57. The molecular weight excluding hydrogens is 447 g/mol. The van der Waals surface area contributed by atoms with Crippen LogP contribution in [0, 0.1) is 5.92 Å². The number of nitrogens with zero attached hydrogens (tertiary/aromatic N) is 3. The fraction of sp³-hybridized carbons (Fsp3) is 0.250. The number of hydrogen-bond donors (Lipinski definition) is 1.